The summed E-state index contributed by atoms with van der Waals surface area (Å²) in [5, 5.41) is 2.06. The van der Waals surface area contributed by atoms with Crippen LogP contribution in [-0.4, -0.2) is 51.7 Å². The highest BCUT2D eigenvalue weighted by Crippen LogP contribution is 2.29. The molecule has 0 aliphatic carbocycles. The molecular formula is C18H22FN7S. The van der Waals surface area contributed by atoms with Gasteiger partial charge >= 0.3 is 0 Å². The van der Waals surface area contributed by atoms with Crippen molar-refractivity contribution in [1.29, 1.82) is 0 Å². The molecule has 0 N–H and O–H groups in total. The van der Waals surface area contributed by atoms with Crippen LogP contribution in [-0.2, 0) is 6.54 Å². The molecule has 7 nitrogen and oxygen atoms in total. The van der Waals surface area contributed by atoms with E-state index in [0.29, 0.717) is 11.8 Å². The van der Waals surface area contributed by atoms with E-state index in [4.69, 9.17) is 0 Å². The zero-order chi connectivity index (χ0) is 18.8. The molecule has 1 atom stereocenters. The SMILES string of the molecule is CN(C)c1nc(N2CCC[C@H](c3nccn3Cc3cscn3)C2)ncc1F. The van der Waals surface area contributed by atoms with Crippen molar-refractivity contribution >= 4 is 23.1 Å². The van der Waals surface area contributed by atoms with Crippen molar-refractivity contribution in [3.8, 4) is 0 Å². The van der Waals surface area contributed by atoms with Gasteiger partial charge in [0.2, 0.25) is 5.95 Å². The minimum Gasteiger partial charge on any atom is -0.360 e. The Morgan fingerprint density at radius 2 is 2.19 bits per heavy atom. The highest BCUT2D eigenvalue weighted by Gasteiger charge is 2.27. The molecule has 4 rings (SSSR count). The Kier molecular flexibility index (Phi) is 5.02. The lowest BCUT2D eigenvalue weighted by Crippen LogP contribution is -2.36. The van der Waals surface area contributed by atoms with Gasteiger partial charge in [-0.2, -0.15) is 4.98 Å². The molecule has 142 valence electrons. The van der Waals surface area contributed by atoms with Gasteiger partial charge in [-0.15, -0.1) is 11.3 Å². The Balaban J connectivity index is 1.54. The van der Waals surface area contributed by atoms with Gasteiger partial charge < -0.3 is 14.4 Å². The summed E-state index contributed by atoms with van der Waals surface area (Å²) in [6, 6.07) is 0. The molecule has 27 heavy (non-hydrogen) atoms. The molecule has 4 heterocycles. The highest BCUT2D eigenvalue weighted by molar-refractivity contribution is 7.07. The topological polar surface area (TPSA) is 63.0 Å². The zero-order valence-corrected chi connectivity index (χ0v) is 16.2. The summed E-state index contributed by atoms with van der Waals surface area (Å²) < 4.78 is 16.1. The highest BCUT2D eigenvalue weighted by atomic mass is 32.1. The second-order valence-corrected chi connectivity index (χ2v) is 7.63. The number of rotatable bonds is 5. The summed E-state index contributed by atoms with van der Waals surface area (Å²) in [5.41, 5.74) is 2.90. The van der Waals surface area contributed by atoms with Crippen LogP contribution < -0.4 is 9.80 Å². The molecule has 0 aromatic carbocycles. The molecule has 1 fully saturated rings. The second-order valence-electron chi connectivity index (χ2n) is 6.91. The van der Waals surface area contributed by atoms with Crippen molar-refractivity contribution in [3.05, 3.63) is 46.8 Å². The summed E-state index contributed by atoms with van der Waals surface area (Å²) in [5.74, 6) is 1.82. The van der Waals surface area contributed by atoms with Crippen LogP contribution in [0.1, 0.15) is 30.3 Å². The Labute approximate surface area is 161 Å². The average Bonchev–Trinajstić information content (AvgIpc) is 3.34. The van der Waals surface area contributed by atoms with E-state index >= 15 is 0 Å². The Morgan fingerprint density at radius 1 is 1.30 bits per heavy atom. The van der Waals surface area contributed by atoms with Gasteiger partial charge in [-0.05, 0) is 12.8 Å². The molecule has 0 radical (unpaired) electrons. The second kappa shape index (κ2) is 7.59. The van der Waals surface area contributed by atoms with E-state index < -0.39 is 5.82 Å². The van der Waals surface area contributed by atoms with Gasteiger partial charge in [-0.25, -0.2) is 19.3 Å². The number of piperidine rings is 1. The van der Waals surface area contributed by atoms with Crippen LogP contribution in [0.2, 0.25) is 0 Å². The third-order valence-corrected chi connectivity index (χ3v) is 5.40. The maximum atomic E-state index is 13.9. The van der Waals surface area contributed by atoms with Gasteiger partial charge in [0.15, 0.2) is 11.6 Å². The number of imidazole rings is 1. The van der Waals surface area contributed by atoms with Crippen LogP contribution in [0.15, 0.2) is 29.5 Å². The van der Waals surface area contributed by atoms with Crippen LogP contribution in [0, 0.1) is 5.82 Å². The zero-order valence-electron chi connectivity index (χ0n) is 15.4. The number of thiazole rings is 1. The van der Waals surface area contributed by atoms with Crippen molar-refractivity contribution in [2.45, 2.75) is 25.3 Å². The fourth-order valence-corrected chi connectivity index (χ4v) is 4.04. The Hall–Kier alpha value is -2.55. The Morgan fingerprint density at radius 3 is 2.96 bits per heavy atom. The molecule has 1 aliphatic heterocycles. The van der Waals surface area contributed by atoms with Gasteiger partial charge in [0.05, 0.1) is 23.9 Å². The molecule has 0 bridgehead atoms. The van der Waals surface area contributed by atoms with E-state index in [1.54, 1.807) is 30.3 Å². The number of aromatic nitrogens is 5. The third kappa shape index (κ3) is 3.78. The maximum Gasteiger partial charge on any atom is 0.227 e. The number of hydrogen-bond donors (Lipinski definition) is 0. The normalized spacial score (nSPS) is 17.3. The van der Waals surface area contributed by atoms with E-state index in [2.05, 4.69) is 34.8 Å². The Bertz CT molecular complexity index is 893. The average molecular weight is 387 g/mol. The monoisotopic (exact) mass is 387 g/mol. The summed E-state index contributed by atoms with van der Waals surface area (Å²) in [7, 11) is 3.56. The molecule has 0 unspecified atom stereocenters. The van der Waals surface area contributed by atoms with Crippen molar-refractivity contribution < 1.29 is 4.39 Å². The minimum atomic E-state index is -0.406. The van der Waals surface area contributed by atoms with Crippen LogP contribution in [0.4, 0.5) is 16.2 Å². The van der Waals surface area contributed by atoms with Crippen molar-refractivity contribution in [1.82, 2.24) is 24.5 Å². The first kappa shape index (κ1) is 17.8. The van der Waals surface area contributed by atoms with Crippen LogP contribution in [0.5, 0.6) is 0 Å². The summed E-state index contributed by atoms with van der Waals surface area (Å²) in [6.07, 6.45) is 7.19. The lowest BCUT2D eigenvalue weighted by Gasteiger charge is -2.33. The third-order valence-electron chi connectivity index (χ3n) is 4.77. The molecule has 1 aliphatic rings. The molecule has 3 aromatic rings. The smallest absolute Gasteiger partial charge is 0.227 e. The summed E-state index contributed by atoms with van der Waals surface area (Å²) >= 11 is 1.60. The van der Waals surface area contributed by atoms with E-state index in [-0.39, 0.29) is 5.92 Å². The van der Waals surface area contributed by atoms with Gasteiger partial charge in [0.1, 0.15) is 5.82 Å². The number of hydrogen-bond acceptors (Lipinski definition) is 7. The summed E-state index contributed by atoms with van der Waals surface area (Å²) in [6.45, 7) is 2.36. The van der Waals surface area contributed by atoms with E-state index in [9.17, 15) is 4.39 Å². The quantitative estimate of drug-likeness (QED) is 0.671. The van der Waals surface area contributed by atoms with Gasteiger partial charge in [0, 0.05) is 50.9 Å². The van der Waals surface area contributed by atoms with Crippen LogP contribution in [0.3, 0.4) is 0 Å². The number of nitrogens with zero attached hydrogens (tertiary/aromatic N) is 7. The number of anilines is 2. The predicted octanol–water partition coefficient (Wildman–Crippen LogP) is 2.77. The van der Waals surface area contributed by atoms with E-state index in [1.165, 1.54) is 6.20 Å². The first-order chi connectivity index (χ1) is 13.1. The van der Waals surface area contributed by atoms with Gasteiger partial charge in [-0.1, -0.05) is 0 Å². The van der Waals surface area contributed by atoms with Crippen molar-refractivity contribution in [2.24, 2.45) is 0 Å². The first-order valence-corrected chi connectivity index (χ1v) is 9.89. The van der Waals surface area contributed by atoms with E-state index in [1.807, 2.05) is 17.9 Å². The molecule has 0 saturated carbocycles. The molecule has 3 aromatic heterocycles. The fourth-order valence-electron chi connectivity index (χ4n) is 3.49. The van der Waals surface area contributed by atoms with Crippen molar-refractivity contribution in [3.63, 3.8) is 0 Å². The molecule has 0 spiro atoms. The van der Waals surface area contributed by atoms with Crippen LogP contribution >= 0.6 is 11.3 Å². The van der Waals surface area contributed by atoms with Gasteiger partial charge in [-0.3, -0.25) is 0 Å². The van der Waals surface area contributed by atoms with Crippen molar-refractivity contribution in [2.75, 3.05) is 37.0 Å². The lowest BCUT2D eigenvalue weighted by atomic mass is 9.97. The molecule has 0 amide bonds. The first-order valence-electron chi connectivity index (χ1n) is 8.94. The minimum absolute atomic E-state index is 0.281. The molecule has 9 heteroatoms. The molecule has 1 saturated heterocycles. The predicted molar refractivity (Wildman–Crippen MR) is 104 cm³/mol. The number of halogens is 1. The molecular weight excluding hydrogens is 365 g/mol. The van der Waals surface area contributed by atoms with Crippen LogP contribution in [0.25, 0.3) is 0 Å². The summed E-state index contributed by atoms with van der Waals surface area (Å²) in [4.78, 5) is 21.4. The lowest BCUT2D eigenvalue weighted by molar-refractivity contribution is 0.470. The van der Waals surface area contributed by atoms with Gasteiger partial charge in [0.25, 0.3) is 0 Å². The largest absolute Gasteiger partial charge is 0.360 e. The fraction of sp³-hybridized carbons (Fsp3) is 0.444. The maximum absolute atomic E-state index is 13.9. The standard InChI is InChI=1S/C18H22FN7S/c1-24(2)17-15(19)8-21-18(23-17)26-6-3-4-13(9-26)16-20-5-7-25(16)10-14-11-27-12-22-14/h5,7-8,11-13H,3-4,6,9-10H2,1-2H3/t13-/m0/s1. The van der Waals surface area contributed by atoms with E-state index in [0.717, 1.165) is 44.0 Å².